The van der Waals surface area contributed by atoms with Crippen molar-refractivity contribution in [3.05, 3.63) is 39.4 Å². The first-order chi connectivity index (χ1) is 10.5. The number of hydrogen-bond donors (Lipinski definition) is 1. The van der Waals surface area contributed by atoms with E-state index in [1.165, 1.54) is 6.07 Å². The van der Waals surface area contributed by atoms with E-state index < -0.39 is 4.92 Å². The monoisotopic (exact) mass is 305 g/mol. The number of hydrogen-bond acceptors (Lipinski definition) is 4. The minimum atomic E-state index is -0.416. The summed E-state index contributed by atoms with van der Waals surface area (Å²) in [4.78, 5) is 25.2. The van der Waals surface area contributed by atoms with Crippen LogP contribution < -0.4 is 5.32 Å². The molecule has 0 atom stereocenters. The molecule has 0 spiro atoms. The molecule has 120 valence electrons. The normalized spacial score (nSPS) is 15.5. The van der Waals surface area contributed by atoms with Gasteiger partial charge in [-0.25, -0.2) is 0 Å². The molecule has 1 N–H and O–H groups in total. The molecule has 2 rings (SSSR count). The Kier molecular flexibility index (Phi) is 5.49. The zero-order valence-electron chi connectivity index (χ0n) is 13.2. The molecule has 1 fully saturated rings. The van der Waals surface area contributed by atoms with Crippen LogP contribution in [0, 0.1) is 17.0 Å². The van der Waals surface area contributed by atoms with Crippen LogP contribution >= 0.6 is 0 Å². The fourth-order valence-electron chi connectivity index (χ4n) is 2.97. The van der Waals surface area contributed by atoms with Crippen LogP contribution in [-0.2, 0) is 0 Å². The summed E-state index contributed by atoms with van der Waals surface area (Å²) in [7, 11) is 0. The highest BCUT2D eigenvalue weighted by Gasteiger charge is 2.26. The summed E-state index contributed by atoms with van der Waals surface area (Å²) in [5.41, 5.74) is 1.12. The van der Waals surface area contributed by atoms with Gasteiger partial charge in [-0.15, -0.1) is 0 Å². The lowest BCUT2D eigenvalue weighted by Crippen LogP contribution is -2.46. The van der Waals surface area contributed by atoms with Crippen LogP contribution in [0.5, 0.6) is 0 Å². The first-order valence-corrected chi connectivity index (χ1v) is 7.81. The van der Waals surface area contributed by atoms with Crippen LogP contribution in [0.2, 0.25) is 0 Å². The number of carbonyl (C=O) groups is 1. The third kappa shape index (κ3) is 3.62. The molecule has 0 aliphatic carbocycles. The van der Waals surface area contributed by atoms with Crippen molar-refractivity contribution < 1.29 is 9.72 Å². The molecule has 1 aromatic rings. The summed E-state index contributed by atoms with van der Waals surface area (Å²) in [5.74, 6) is -0.0215. The Morgan fingerprint density at radius 1 is 1.41 bits per heavy atom. The van der Waals surface area contributed by atoms with Gasteiger partial charge in [-0.1, -0.05) is 6.92 Å². The molecule has 6 nitrogen and oxygen atoms in total. The molecule has 22 heavy (non-hydrogen) atoms. The second-order valence-electron chi connectivity index (χ2n) is 5.74. The van der Waals surface area contributed by atoms with Gasteiger partial charge in [0.25, 0.3) is 11.6 Å². The molecule has 1 aromatic carbocycles. The number of nitrogens with one attached hydrogen (secondary N) is 1. The van der Waals surface area contributed by atoms with E-state index in [9.17, 15) is 14.9 Å². The zero-order valence-corrected chi connectivity index (χ0v) is 13.2. The van der Waals surface area contributed by atoms with Crippen molar-refractivity contribution in [1.29, 1.82) is 0 Å². The topological polar surface area (TPSA) is 75.5 Å². The van der Waals surface area contributed by atoms with Crippen LogP contribution in [0.25, 0.3) is 0 Å². The molecule has 0 radical (unpaired) electrons. The Labute approximate surface area is 130 Å². The van der Waals surface area contributed by atoms with E-state index in [1.807, 2.05) is 4.90 Å². The van der Waals surface area contributed by atoms with Crippen molar-refractivity contribution in [2.45, 2.75) is 39.2 Å². The van der Waals surface area contributed by atoms with Crippen molar-refractivity contribution in [2.24, 2.45) is 0 Å². The van der Waals surface area contributed by atoms with Gasteiger partial charge in [0.2, 0.25) is 0 Å². The lowest BCUT2D eigenvalue weighted by atomic mass is 10.0. The third-order valence-electron chi connectivity index (χ3n) is 4.12. The maximum atomic E-state index is 12.8. The van der Waals surface area contributed by atoms with E-state index in [0.717, 1.165) is 38.9 Å². The molecule has 1 amide bonds. The maximum Gasteiger partial charge on any atom is 0.272 e. The summed E-state index contributed by atoms with van der Waals surface area (Å²) in [5, 5.41) is 14.2. The number of nitrogens with zero attached hydrogens (tertiary/aromatic N) is 2. The number of carbonyl (C=O) groups excluding carboxylic acids is 1. The van der Waals surface area contributed by atoms with Gasteiger partial charge in [0, 0.05) is 29.8 Å². The number of rotatable bonds is 5. The summed E-state index contributed by atoms with van der Waals surface area (Å²) >= 11 is 0. The van der Waals surface area contributed by atoms with Gasteiger partial charge in [0.15, 0.2) is 0 Å². The quantitative estimate of drug-likeness (QED) is 0.670. The van der Waals surface area contributed by atoms with Crippen molar-refractivity contribution in [3.63, 3.8) is 0 Å². The van der Waals surface area contributed by atoms with Crippen molar-refractivity contribution in [2.75, 3.05) is 19.6 Å². The fourth-order valence-corrected chi connectivity index (χ4v) is 2.97. The number of amides is 1. The fraction of sp³-hybridized carbons (Fsp3) is 0.562. The highest BCUT2D eigenvalue weighted by molar-refractivity contribution is 5.95. The van der Waals surface area contributed by atoms with Gasteiger partial charge in [-0.2, -0.15) is 0 Å². The first kappa shape index (κ1) is 16.4. The number of aryl methyl sites for hydroxylation is 1. The average Bonchev–Trinajstić information content (AvgIpc) is 2.52. The SMILES string of the molecule is CCCN(C(=O)c1ccc([N+](=O)[O-])c(C)c1)C1CCNCC1. The van der Waals surface area contributed by atoms with Crippen LogP contribution in [0.3, 0.4) is 0 Å². The second kappa shape index (κ2) is 7.35. The van der Waals surface area contributed by atoms with Crippen LogP contribution in [0.15, 0.2) is 18.2 Å². The molecule has 6 heteroatoms. The summed E-state index contributed by atoms with van der Waals surface area (Å²) in [6.07, 6.45) is 2.82. The van der Waals surface area contributed by atoms with Gasteiger partial charge >= 0.3 is 0 Å². The minimum Gasteiger partial charge on any atom is -0.336 e. The van der Waals surface area contributed by atoms with E-state index in [4.69, 9.17) is 0 Å². The number of benzene rings is 1. The first-order valence-electron chi connectivity index (χ1n) is 7.81. The average molecular weight is 305 g/mol. The van der Waals surface area contributed by atoms with E-state index >= 15 is 0 Å². The lowest BCUT2D eigenvalue weighted by Gasteiger charge is -2.34. The summed E-state index contributed by atoms with van der Waals surface area (Å²) in [6.45, 7) is 6.31. The molecule has 0 aromatic heterocycles. The number of nitro groups is 1. The van der Waals surface area contributed by atoms with Crippen molar-refractivity contribution in [3.8, 4) is 0 Å². The van der Waals surface area contributed by atoms with Crippen LogP contribution in [0.1, 0.15) is 42.1 Å². The maximum absolute atomic E-state index is 12.8. The van der Waals surface area contributed by atoms with Gasteiger partial charge in [0.1, 0.15) is 0 Å². The Bertz CT molecular complexity index is 554. The predicted molar refractivity (Wildman–Crippen MR) is 85.1 cm³/mol. The molecule has 1 aliphatic heterocycles. The highest BCUT2D eigenvalue weighted by Crippen LogP contribution is 2.22. The van der Waals surface area contributed by atoms with E-state index in [1.54, 1.807) is 19.1 Å². The lowest BCUT2D eigenvalue weighted by molar-refractivity contribution is -0.385. The Morgan fingerprint density at radius 2 is 2.09 bits per heavy atom. The van der Waals surface area contributed by atoms with E-state index in [-0.39, 0.29) is 17.6 Å². The van der Waals surface area contributed by atoms with Crippen molar-refractivity contribution >= 4 is 11.6 Å². The van der Waals surface area contributed by atoms with E-state index in [0.29, 0.717) is 11.1 Å². The zero-order chi connectivity index (χ0) is 16.1. The molecular weight excluding hydrogens is 282 g/mol. The molecular formula is C16H23N3O3. The number of nitro benzene ring substituents is 1. The second-order valence-corrected chi connectivity index (χ2v) is 5.74. The van der Waals surface area contributed by atoms with Crippen LogP contribution in [-0.4, -0.2) is 41.4 Å². The van der Waals surface area contributed by atoms with Crippen LogP contribution in [0.4, 0.5) is 5.69 Å². The molecule has 0 unspecified atom stereocenters. The van der Waals surface area contributed by atoms with Crippen molar-refractivity contribution in [1.82, 2.24) is 10.2 Å². The smallest absolute Gasteiger partial charge is 0.272 e. The Balaban J connectivity index is 2.22. The Hall–Kier alpha value is -1.95. The standard InChI is InChI=1S/C16H23N3O3/c1-3-10-18(14-6-8-17-9-7-14)16(20)13-4-5-15(19(21)22)12(2)11-13/h4-5,11,14,17H,3,6-10H2,1-2H3. The van der Waals surface area contributed by atoms with Gasteiger partial charge in [0.05, 0.1) is 4.92 Å². The van der Waals surface area contributed by atoms with E-state index in [2.05, 4.69) is 12.2 Å². The Morgan fingerprint density at radius 3 is 2.64 bits per heavy atom. The molecule has 1 aliphatic rings. The van der Waals surface area contributed by atoms with Gasteiger partial charge < -0.3 is 10.2 Å². The van der Waals surface area contributed by atoms with Gasteiger partial charge in [-0.05, 0) is 51.4 Å². The largest absolute Gasteiger partial charge is 0.336 e. The summed E-state index contributed by atoms with van der Waals surface area (Å²) in [6, 6.07) is 4.88. The molecule has 1 saturated heterocycles. The minimum absolute atomic E-state index is 0.0215. The highest BCUT2D eigenvalue weighted by atomic mass is 16.6. The number of piperidine rings is 1. The molecule has 0 saturated carbocycles. The third-order valence-corrected chi connectivity index (χ3v) is 4.12. The predicted octanol–water partition coefficient (Wildman–Crippen LogP) is 2.51. The van der Waals surface area contributed by atoms with Gasteiger partial charge in [-0.3, -0.25) is 14.9 Å². The summed E-state index contributed by atoms with van der Waals surface area (Å²) < 4.78 is 0. The molecule has 1 heterocycles. The molecule has 0 bridgehead atoms.